The minimum Gasteiger partial charge on any atom is -0.347 e. The van der Waals surface area contributed by atoms with Gasteiger partial charge in [-0.25, -0.2) is 4.98 Å². The van der Waals surface area contributed by atoms with Gasteiger partial charge in [0.25, 0.3) is 0 Å². The highest BCUT2D eigenvalue weighted by atomic mass is 16.1. The van der Waals surface area contributed by atoms with Gasteiger partial charge in [0.05, 0.1) is 12.2 Å². The number of aromatic nitrogens is 4. The molecule has 34 heavy (non-hydrogen) atoms. The number of hydrogen-bond donors (Lipinski definition) is 4. The largest absolute Gasteiger partial charge is 0.347 e. The lowest BCUT2D eigenvalue weighted by atomic mass is 10.1. The highest BCUT2D eigenvalue weighted by molar-refractivity contribution is 5.97. The third-order valence-electron chi connectivity index (χ3n) is 5.57. The van der Waals surface area contributed by atoms with Gasteiger partial charge in [0.15, 0.2) is 11.6 Å². The van der Waals surface area contributed by atoms with Gasteiger partial charge in [-0.1, -0.05) is 48.5 Å². The first-order chi connectivity index (χ1) is 16.6. The summed E-state index contributed by atoms with van der Waals surface area (Å²) in [4.78, 5) is 21.7. The summed E-state index contributed by atoms with van der Waals surface area (Å²) in [6, 6.07) is 23.3. The maximum Gasteiger partial charge on any atom is 0.225 e. The monoisotopic (exact) mass is 452 g/mol. The first kappa shape index (κ1) is 21.5. The standard InChI is InChI=1S/C26H25N7O/c27-21(17-7-3-1-4-8-17)13-20(34)16-28-26-29-22(18-9-5-2-6-10-18)14-24(31-26)30-25-15-23(32-33-25)19-11-12-19/h1-10,13-15,19H,11-12,16,27H2,(H3,28,29,30,31,32,33)/p+1/b21-13-. The van der Waals surface area contributed by atoms with Crippen LogP contribution in [0, 0.1) is 0 Å². The van der Waals surface area contributed by atoms with Crippen LogP contribution in [0.5, 0.6) is 0 Å². The molecule has 0 saturated heterocycles. The highest BCUT2D eigenvalue weighted by Gasteiger charge is 2.25. The molecule has 5 rings (SSSR count). The van der Waals surface area contributed by atoms with Crippen LogP contribution in [-0.2, 0) is 4.79 Å². The molecule has 2 aromatic carbocycles. The van der Waals surface area contributed by atoms with Gasteiger partial charge in [0.2, 0.25) is 5.95 Å². The van der Waals surface area contributed by atoms with E-state index in [1.807, 2.05) is 72.8 Å². The van der Waals surface area contributed by atoms with Gasteiger partial charge >= 0.3 is 0 Å². The Kier molecular flexibility index (Phi) is 6.13. The van der Waals surface area contributed by atoms with Crippen LogP contribution in [0.25, 0.3) is 17.0 Å². The second-order valence-electron chi connectivity index (χ2n) is 8.29. The van der Waals surface area contributed by atoms with Crippen LogP contribution in [0.2, 0.25) is 0 Å². The van der Waals surface area contributed by atoms with E-state index in [1.165, 1.54) is 18.9 Å². The van der Waals surface area contributed by atoms with Crippen molar-refractivity contribution in [2.45, 2.75) is 18.8 Å². The minimum absolute atomic E-state index is 0.0533. The molecule has 0 spiro atoms. The number of rotatable bonds is 9. The molecule has 1 aliphatic rings. The number of quaternary nitrogens is 1. The van der Waals surface area contributed by atoms with Crippen LogP contribution in [-0.4, -0.2) is 32.5 Å². The van der Waals surface area contributed by atoms with E-state index in [2.05, 4.69) is 36.5 Å². The summed E-state index contributed by atoms with van der Waals surface area (Å²) in [6.07, 6.45) is 3.93. The summed E-state index contributed by atoms with van der Waals surface area (Å²) in [6.45, 7) is 0.0533. The van der Waals surface area contributed by atoms with E-state index in [9.17, 15) is 4.79 Å². The SMILES string of the molecule is [NH3+]/C(=C\C(=O)CNc1nc(Nc2cc(C3CC3)[nH]n2)cc(-c2ccccc2)n1)c1ccccc1. The average molecular weight is 453 g/mol. The van der Waals surface area contributed by atoms with Gasteiger partial charge in [-0.3, -0.25) is 9.89 Å². The van der Waals surface area contributed by atoms with Crippen LogP contribution in [0.4, 0.5) is 17.6 Å². The molecule has 1 fully saturated rings. The molecular formula is C26H26N7O+. The van der Waals surface area contributed by atoms with Crippen LogP contribution >= 0.6 is 0 Å². The van der Waals surface area contributed by atoms with E-state index in [0.717, 1.165) is 22.5 Å². The molecule has 8 heteroatoms. The first-order valence-electron chi connectivity index (χ1n) is 11.3. The van der Waals surface area contributed by atoms with Crippen molar-refractivity contribution in [2.24, 2.45) is 0 Å². The summed E-state index contributed by atoms with van der Waals surface area (Å²) >= 11 is 0. The normalized spacial score (nSPS) is 13.5. The van der Waals surface area contributed by atoms with Crippen molar-refractivity contribution < 1.29 is 10.5 Å². The van der Waals surface area contributed by atoms with Crippen LogP contribution in [0.15, 0.2) is 78.9 Å². The Morgan fingerprint density at radius 3 is 2.47 bits per heavy atom. The Morgan fingerprint density at radius 1 is 1.00 bits per heavy atom. The molecule has 1 saturated carbocycles. The molecule has 6 N–H and O–H groups in total. The Morgan fingerprint density at radius 2 is 1.74 bits per heavy atom. The molecule has 2 heterocycles. The molecule has 0 amide bonds. The lowest BCUT2D eigenvalue weighted by molar-refractivity contribution is -0.243. The molecular weight excluding hydrogens is 426 g/mol. The summed E-state index contributed by atoms with van der Waals surface area (Å²) in [5, 5.41) is 13.8. The molecule has 0 radical (unpaired) electrons. The predicted octanol–water partition coefficient (Wildman–Crippen LogP) is 3.75. The van der Waals surface area contributed by atoms with Crippen molar-refractivity contribution in [1.29, 1.82) is 0 Å². The zero-order valence-electron chi connectivity index (χ0n) is 18.7. The number of H-pyrrole nitrogens is 1. The maximum absolute atomic E-state index is 12.5. The van der Waals surface area contributed by atoms with Gasteiger partial charge < -0.3 is 16.4 Å². The van der Waals surface area contributed by atoms with Crippen molar-refractivity contribution in [2.75, 3.05) is 17.2 Å². The number of hydrogen-bond acceptors (Lipinski definition) is 6. The third-order valence-corrected chi connectivity index (χ3v) is 5.57. The maximum atomic E-state index is 12.5. The predicted molar refractivity (Wildman–Crippen MR) is 132 cm³/mol. The van der Waals surface area contributed by atoms with Gasteiger partial charge in [0.1, 0.15) is 11.5 Å². The fourth-order valence-corrected chi connectivity index (χ4v) is 3.63. The summed E-state index contributed by atoms with van der Waals surface area (Å²) in [7, 11) is 0. The number of ketones is 1. The van der Waals surface area contributed by atoms with E-state index in [4.69, 9.17) is 0 Å². The summed E-state index contributed by atoms with van der Waals surface area (Å²) < 4.78 is 0. The van der Waals surface area contributed by atoms with Crippen molar-refractivity contribution in [1.82, 2.24) is 20.2 Å². The Hall–Kier alpha value is -4.30. The van der Waals surface area contributed by atoms with E-state index in [0.29, 0.717) is 29.2 Å². The Balaban J connectivity index is 1.34. The number of carbonyl (C=O) groups is 1. The smallest absolute Gasteiger partial charge is 0.225 e. The van der Waals surface area contributed by atoms with Gasteiger partial charge in [-0.2, -0.15) is 10.1 Å². The van der Waals surface area contributed by atoms with Crippen molar-refractivity contribution >= 4 is 29.1 Å². The minimum atomic E-state index is -0.113. The molecule has 0 atom stereocenters. The number of nitrogens with zero attached hydrogens (tertiary/aromatic N) is 3. The summed E-state index contributed by atoms with van der Waals surface area (Å²) in [5.74, 6) is 2.12. The number of carbonyl (C=O) groups excluding carboxylic acids is 1. The third kappa shape index (κ3) is 5.36. The summed E-state index contributed by atoms with van der Waals surface area (Å²) in [5.41, 5.74) is 8.40. The number of benzene rings is 2. The molecule has 0 unspecified atom stereocenters. The van der Waals surface area contributed by atoms with Crippen molar-refractivity contribution in [3.63, 3.8) is 0 Å². The van der Waals surface area contributed by atoms with Gasteiger partial charge in [-0.15, -0.1) is 0 Å². The molecule has 0 bridgehead atoms. The van der Waals surface area contributed by atoms with E-state index < -0.39 is 0 Å². The van der Waals surface area contributed by atoms with E-state index in [-0.39, 0.29) is 12.3 Å². The van der Waals surface area contributed by atoms with Crippen LogP contribution < -0.4 is 16.4 Å². The fraction of sp³-hybridized carbons (Fsp3) is 0.154. The highest BCUT2D eigenvalue weighted by Crippen LogP contribution is 2.39. The Bertz CT molecular complexity index is 1310. The number of aromatic amines is 1. The number of nitrogens with one attached hydrogen (secondary N) is 3. The lowest BCUT2D eigenvalue weighted by Crippen LogP contribution is -2.46. The van der Waals surface area contributed by atoms with E-state index >= 15 is 0 Å². The fourth-order valence-electron chi connectivity index (χ4n) is 3.63. The Labute approximate surface area is 197 Å². The van der Waals surface area contributed by atoms with Crippen molar-refractivity contribution in [3.8, 4) is 11.3 Å². The van der Waals surface area contributed by atoms with Crippen LogP contribution in [0.1, 0.15) is 30.0 Å². The van der Waals surface area contributed by atoms with Crippen molar-refractivity contribution in [3.05, 3.63) is 90.1 Å². The van der Waals surface area contributed by atoms with Gasteiger partial charge in [-0.05, 0) is 25.0 Å². The topological polar surface area (TPSA) is 123 Å². The molecule has 1 aliphatic carbocycles. The first-order valence-corrected chi connectivity index (χ1v) is 11.3. The molecule has 8 nitrogen and oxygen atoms in total. The van der Waals surface area contributed by atoms with Gasteiger partial charge in [0, 0.05) is 40.9 Å². The molecule has 2 aromatic heterocycles. The lowest BCUT2D eigenvalue weighted by Gasteiger charge is -2.10. The average Bonchev–Trinajstić information content (AvgIpc) is 3.62. The molecule has 4 aromatic rings. The molecule has 0 aliphatic heterocycles. The second-order valence-corrected chi connectivity index (χ2v) is 8.29. The van der Waals surface area contributed by atoms with E-state index in [1.54, 1.807) is 0 Å². The number of anilines is 3. The zero-order valence-corrected chi connectivity index (χ0v) is 18.7. The quantitative estimate of drug-likeness (QED) is 0.287. The molecule has 170 valence electrons. The zero-order chi connectivity index (χ0) is 23.3. The second kappa shape index (κ2) is 9.68. The van der Waals surface area contributed by atoms with Crippen LogP contribution in [0.3, 0.4) is 0 Å².